The highest BCUT2D eigenvalue weighted by atomic mass is 16.5. The zero-order valence-corrected chi connectivity index (χ0v) is 7.50. The first-order valence-corrected chi connectivity index (χ1v) is 4.08. The zero-order valence-electron chi connectivity index (χ0n) is 7.50. The molecule has 0 aromatic carbocycles. The molecule has 1 heterocycles. The highest BCUT2D eigenvalue weighted by Crippen LogP contribution is 2.14. The Morgan fingerprint density at radius 1 is 1.58 bits per heavy atom. The molecule has 1 N–H and O–H groups in total. The molecular formula is C8H15NO3. The summed E-state index contributed by atoms with van der Waals surface area (Å²) in [7, 11) is 3.08. The van der Waals surface area contributed by atoms with Crippen LogP contribution in [0.15, 0.2) is 0 Å². The highest BCUT2D eigenvalue weighted by molar-refractivity contribution is 5.75. The quantitative estimate of drug-likeness (QED) is 0.600. The second-order valence-electron chi connectivity index (χ2n) is 3.04. The maximum absolute atomic E-state index is 11.0. The number of hydrogen-bond acceptors (Lipinski definition) is 4. The van der Waals surface area contributed by atoms with E-state index in [0.717, 1.165) is 13.0 Å². The molecule has 70 valence electrons. The van der Waals surface area contributed by atoms with Crippen molar-refractivity contribution in [3.05, 3.63) is 0 Å². The average molecular weight is 173 g/mol. The van der Waals surface area contributed by atoms with Crippen LogP contribution < -0.4 is 5.32 Å². The van der Waals surface area contributed by atoms with E-state index in [1.54, 1.807) is 7.11 Å². The third-order valence-electron chi connectivity index (χ3n) is 2.11. The van der Waals surface area contributed by atoms with Gasteiger partial charge in [0.1, 0.15) is 6.04 Å². The fraction of sp³-hybridized carbons (Fsp3) is 0.875. The number of hydrogen-bond donors (Lipinski definition) is 1. The topological polar surface area (TPSA) is 47.6 Å². The molecule has 1 fully saturated rings. The van der Waals surface area contributed by atoms with Crippen molar-refractivity contribution in [3.63, 3.8) is 0 Å². The monoisotopic (exact) mass is 173 g/mol. The Balaban J connectivity index is 2.30. The van der Waals surface area contributed by atoms with Gasteiger partial charge in [-0.2, -0.15) is 0 Å². The summed E-state index contributed by atoms with van der Waals surface area (Å²) >= 11 is 0. The second-order valence-corrected chi connectivity index (χ2v) is 3.04. The van der Waals surface area contributed by atoms with Crippen LogP contribution in [0.1, 0.15) is 6.42 Å². The first-order valence-electron chi connectivity index (χ1n) is 4.08. The molecule has 1 saturated heterocycles. The first-order chi connectivity index (χ1) is 5.77. The zero-order chi connectivity index (χ0) is 8.97. The summed E-state index contributed by atoms with van der Waals surface area (Å²) < 4.78 is 9.61. The van der Waals surface area contributed by atoms with E-state index in [1.165, 1.54) is 7.11 Å². The lowest BCUT2D eigenvalue weighted by Crippen LogP contribution is -2.31. The van der Waals surface area contributed by atoms with Gasteiger partial charge in [0.25, 0.3) is 0 Å². The van der Waals surface area contributed by atoms with E-state index in [1.807, 2.05) is 0 Å². The maximum Gasteiger partial charge on any atom is 0.322 e. The lowest BCUT2D eigenvalue weighted by molar-refractivity contribution is -0.142. The number of carbonyl (C=O) groups excluding carboxylic acids is 1. The summed E-state index contributed by atoms with van der Waals surface area (Å²) in [6, 6.07) is -0.129. The van der Waals surface area contributed by atoms with Crippen molar-refractivity contribution in [2.75, 3.05) is 27.4 Å². The molecule has 2 atom stereocenters. The summed E-state index contributed by atoms with van der Waals surface area (Å²) in [4.78, 5) is 11.0. The molecule has 1 aliphatic heterocycles. The Labute approximate surface area is 72.2 Å². The van der Waals surface area contributed by atoms with Crippen molar-refractivity contribution in [2.45, 2.75) is 12.5 Å². The van der Waals surface area contributed by atoms with Crippen LogP contribution in [0.25, 0.3) is 0 Å². The smallest absolute Gasteiger partial charge is 0.322 e. The van der Waals surface area contributed by atoms with Crippen molar-refractivity contribution >= 4 is 5.97 Å². The molecule has 0 saturated carbocycles. The average Bonchev–Trinajstić information content (AvgIpc) is 2.52. The maximum atomic E-state index is 11.0. The Bertz CT molecular complexity index is 160. The van der Waals surface area contributed by atoms with E-state index >= 15 is 0 Å². The van der Waals surface area contributed by atoms with Crippen LogP contribution in [0.4, 0.5) is 0 Å². The Morgan fingerprint density at radius 3 is 2.92 bits per heavy atom. The predicted molar refractivity (Wildman–Crippen MR) is 43.8 cm³/mol. The number of esters is 1. The number of methoxy groups -OCH3 is 2. The molecule has 4 nitrogen and oxygen atoms in total. The summed E-state index contributed by atoms with van der Waals surface area (Å²) in [6.45, 7) is 1.55. The van der Waals surface area contributed by atoms with Crippen LogP contribution in [0.3, 0.4) is 0 Å². The van der Waals surface area contributed by atoms with E-state index in [2.05, 4.69) is 10.1 Å². The third-order valence-corrected chi connectivity index (χ3v) is 2.11. The van der Waals surface area contributed by atoms with Gasteiger partial charge in [-0.05, 0) is 12.3 Å². The van der Waals surface area contributed by atoms with Crippen LogP contribution in [0.2, 0.25) is 0 Å². The van der Waals surface area contributed by atoms with Gasteiger partial charge < -0.3 is 14.8 Å². The van der Waals surface area contributed by atoms with Gasteiger partial charge in [-0.15, -0.1) is 0 Å². The molecule has 1 rings (SSSR count). The minimum atomic E-state index is -0.173. The highest BCUT2D eigenvalue weighted by Gasteiger charge is 2.29. The lowest BCUT2D eigenvalue weighted by atomic mass is 10.1. The van der Waals surface area contributed by atoms with Crippen LogP contribution in [-0.2, 0) is 14.3 Å². The standard InChI is InChI=1S/C8H15NO3/c1-11-5-6-3-7(9-4-6)8(10)12-2/h6-7,9H,3-5H2,1-2H3/t6-,7-/m0/s1. The van der Waals surface area contributed by atoms with E-state index in [4.69, 9.17) is 4.74 Å². The van der Waals surface area contributed by atoms with Crippen molar-refractivity contribution in [3.8, 4) is 0 Å². The fourth-order valence-electron chi connectivity index (χ4n) is 1.49. The van der Waals surface area contributed by atoms with Crippen LogP contribution >= 0.6 is 0 Å². The molecule has 1 aliphatic rings. The summed E-state index contributed by atoms with van der Waals surface area (Å²) in [6.07, 6.45) is 0.820. The number of ether oxygens (including phenoxy) is 2. The second kappa shape index (κ2) is 4.42. The number of nitrogens with one attached hydrogen (secondary N) is 1. The van der Waals surface area contributed by atoms with Crippen molar-refractivity contribution < 1.29 is 14.3 Å². The van der Waals surface area contributed by atoms with E-state index in [0.29, 0.717) is 12.5 Å². The third kappa shape index (κ3) is 2.19. The van der Waals surface area contributed by atoms with Gasteiger partial charge in [0, 0.05) is 13.7 Å². The molecule has 0 spiro atoms. The number of carbonyl (C=O) groups is 1. The summed E-state index contributed by atoms with van der Waals surface area (Å²) in [5.74, 6) is 0.271. The molecule has 0 aromatic heterocycles. The minimum Gasteiger partial charge on any atom is -0.468 e. The minimum absolute atomic E-state index is 0.129. The predicted octanol–water partition coefficient (Wildman–Crippen LogP) is -0.216. The Hall–Kier alpha value is -0.610. The van der Waals surface area contributed by atoms with E-state index < -0.39 is 0 Å². The Kier molecular flexibility index (Phi) is 3.49. The molecule has 0 bridgehead atoms. The van der Waals surface area contributed by atoms with Crippen molar-refractivity contribution in [1.29, 1.82) is 0 Å². The molecule has 0 amide bonds. The van der Waals surface area contributed by atoms with Gasteiger partial charge in [0.05, 0.1) is 13.7 Å². The largest absolute Gasteiger partial charge is 0.468 e. The lowest BCUT2D eigenvalue weighted by Gasteiger charge is -2.07. The molecule has 0 aliphatic carbocycles. The van der Waals surface area contributed by atoms with E-state index in [9.17, 15) is 4.79 Å². The Morgan fingerprint density at radius 2 is 2.33 bits per heavy atom. The molecule has 4 heteroatoms. The van der Waals surface area contributed by atoms with Gasteiger partial charge in [-0.25, -0.2) is 0 Å². The summed E-state index contributed by atoms with van der Waals surface area (Å²) in [5.41, 5.74) is 0. The normalized spacial score (nSPS) is 28.8. The van der Waals surface area contributed by atoms with E-state index in [-0.39, 0.29) is 12.0 Å². The SMILES string of the molecule is COC[C@@H]1CN[C@H](C(=O)OC)C1. The molecular weight excluding hydrogens is 158 g/mol. The number of rotatable bonds is 3. The first kappa shape index (κ1) is 9.48. The molecule has 12 heavy (non-hydrogen) atoms. The van der Waals surface area contributed by atoms with Gasteiger partial charge in [0.2, 0.25) is 0 Å². The fourth-order valence-corrected chi connectivity index (χ4v) is 1.49. The van der Waals surface area contributed by atoms with Gasteiger partial charge in [0.15, 0.2) is 0 Å². The van der Waals surface area contributed by atoms with Gasteiger partial charge >= 0.3 is 5.97 Å². The molecule has 0 aromatic rings. The van der Waals surface area contributed by atoms with Gasteiger partial charge in [-0.1, -0.05) is 0 Å². The van der Waals surface area contributed by atoms with Crippen LogP contribution in [0, 0.1) is 5.92 Å². The van der Waals surface area contributed by atoms with Gasteiger partial charge in [-0.3, -0.25) is 4.79 Å². The van der Waals surface area contributed by atoms with Crippen molar-refractivity contribution in [2.24, 2.45) is 5.92 Å². The van der Waals surface area contributed by atoms with Crippen LogP contribution in [0.5, 0.6) is 0 Å². The van der Waals surface area contributed by atoms with Crippen molar-refractivity contribution in [1.82, 2.24) is 5.32 Å². The molecule has 0 unspecified atom stereocenters. The molecule has 0 radical (unpaired) electrons. The summed E-state index contributed by atoms with van der Waals surface area (Å²) in [5, 5.41) is 3.09. The van der Waals surface area contributed by atoms with Crippen LogP contribution in [-0.4, -0.2) is 39.4 Å².